The van der Waals surface area contributed by atoms with E-state index in [0.29, 0.717) is 16.8 Å². The van der Waals surface area contributed by atoms with Gasteiger partial charge in [0.05, 0.1) is 11.3 Å². The van der Waals surface area contributed by atoms with Crippen molar-refractivity contribution in [2.45, 2.75) is 12.8 Å². The van der Waals surface area contributed by atoms with Gasteiger partial charge in [0.2, 0.25) is 0 Å². The number of aryl methyl sites for hydroxylation is 3. The highest BCUT2D eigenvalue weighted by Crippen LogP contribution is 2.35. The lowest BCUT2D eigenvalue weighted by Gasteiger charge is -2.12. The largest absolute Gasteiger partial charge is 0.508 e. The number of phenolic OH excluding ortho intramolecular Hbond substituents is 2. The second-order valence-corrected chi connectivity index (χ2v) is 8.09. The summed E-state index contributed by atoms with van der Waals surface area (Å²) in [7, 11) is 1.92. The zero-order valence-corrected chi connectivity index (χ0v) is 18.1. The number of aromatic amines is 1. The van der Waals surface area contributed by atoms with Crippen molar-refractivity contribution in [1.29, 1.82) is 0 Å². The van der Waals surface area contributed by atoms with Gasteiger partial charge in [0.1, 0.15) is 23.1 Å². The number of rotatable bonds is 5. The summed E-state index contributed by atoms with van der Waals surface area (Å²) in [6.45, 7) is 0. The topological polar surface area (TPSA) is 96.1 Å². The lowest BCUT2D eigenvalue weighted by Crippen LogP contribution is -2.15. The van der Waals surface area contributed by atoms with Crippen molar-refractivity contribution in [3.8, 4) is 28.6 Å². The Labute approximate surface area is 192 Å². The monoisotopic (exact) mass is 462 g/mol. The number of benzene rings is 3. The molecule has 0 aliphatic carbocycles. The van der Waals surface area contributed by atoms with Gasteiger partial charge in [-0.05, 0) is 60.4 Å². The number of phenols is 2. The molecule has 0 amide bonds. The molecule has 0 unspecified atom stereocenters. The Balaban J connectivity index is 1.55. The van der Waals surface area contributed by atoms with E-state index in [0.717, 1.165) is 23.0 Å². The van der Waals surface area contributed by atoms with E-state index in [1.54, 1.807) is 6.07 Å². The van der Waals surface area contributed by atoms with Gasteiger partial charge >= 0.3 is 5.69 Å². The zero-order valence-electron chi connectivity index (χ0n) is 18.1. The molecule has 34 heavy (non-hydrogen) atoms. The summed E-state index contributed by atoms with van der Waals surface area (Å²) >= 11 is 0. The first-order valence-corrected chi connectivity index (χ1v) is 10.5. The number of halogens is 2. The SMILES string of the molecule is Cn1ccc2cc(-n3c(-c4cc(CCc5ccc(F)cc5F)c(O)cc4O)n[nH]c3=O)ccc21. The van der Waals surface area contributed by atoms with E-state index in [4.69, 9.17) is 0 Å². The summed E-state index contributed by atoms with van der Waals surface area (Å²) in [5.41, 5.74) is 1.98. The van der Waals surface area contributed by atoms with Crippen molar-refractivity contribution in [2.24, 2.45) is 7.05 Å². The van der Waals surface area contributed by atoms with E-state index in [1.807, 2.05) is 36.0 Å². The Morgan fingerprint density at radius 2 is 1.74 bits per heavy atom. The number of nitrogens with one attached hydrogen (secondary N) is 1. The molecule has 0 aliphatic heterocycles. The molecule has 7 nitrogen and oxygen atoms in total. The molecule has 0 spiro atoms. The average molecular weight is 462 g/mol. The average Bonchev–Trinajstić information content (AvgIpc) is 3.36. The van der Waals surface area contributed by atoms with Crippen molar-refractivity contribution in [3.63, 3.8) is 0 Å². The van der Waals surface area contributed by atoms with Gasteiger partial charge in [-0.1, -0.05) is 6.07 Å². The predicted molar refractivity (Wildman–Crippen MR) is 123 cm³/mol. The van der Waals surface area contributed by atoms with E-state index in [9.17, 15) is 23.8 Å². The minimum absolute atomic E-state index is 0.159. The summed E-state index contributed by atoms with van der Waals surface area (Å²) < 4.78 is 30.5. The number of H-pyrrole nitrogens is 1. The van der Waals surface area contributed by atoms with Gasteiger partial charge < -0.3 is 14.8 Å². The molecule has 0 bridgehead atoms. The Hall–Kier alpha value is -4.40. The quantitative estimate of drug-likeness (QED) is 0.365. The molecule has 2 aromatic heterocycles. The second kappa shape index (κ2) is 8.18. The lowest BCUT2D eigenvalue weighted by molar-refractivity contribution is 0.446. The van der Waals surface area contributed by atoms with Gasteiger partial charge in [-0.3, -0.25) is 0 Å². The highest BCUT2D eigenvalue weighted by atomic mass is 19.1. The summed E-state index contributed by atoms with van der Waals surface area (Å²) in [4.78, 5) is 12.6. The molecule has 0 radical (unpaired) electrons. The van der Waals surface area contributed by atoms with Crippen LogP contribution in [0.15, 0.2) is 65.6 Å². The zero-order chi connectivity index (χ0) is 24.0. The van der Waals surface area contributed by atoms with Crippen molar-refractivity contribution < 1.29 is 19.0 Å². The Bertz CT molecular complexity index is 1600. The van der Waals surface area contributed by atoms with Crippen LogP contribution in [-0.2, 0) is 19.9 Å². The van der Waals surface area contributed by atoms with Crippen LogP contribution in [0.25, 0.3) is 28.0 Å². The molecule has 172 valence electrons. The van der Waals surface area contributed by atoms with Crippen LogP contribution in [0.4, 0.5) is 8.78 Å². The molecule has 0 saturated heterocycles. The Morgan fingerprint density at radius 3 is 2.53 bits per heavy atom. The summed E-state index contributed by atoms with van der Waals surface area (Å²) in [6, 6.07) is 13.4. The molecule has 0 atom stereocenters. The smallest absolute Gasteiger partial charge is 0.348 e. The van der Waals surface area contributed by atoms with Crippen molar-refractivity contribution >= 4 is 10.9 Å². The fourth-order valence-corrected chi connectivity index (χ4v) is 4.12. The maximum absolute atomic E-state index is 14.0. The first-order chi connectivity index (χ1) is 16.3. The molecule has 3 aromatic carbocycles. The van der Waals surface area contributed by atoms with Crippen LogP contribution >= 0.6 is 0 Å². The predicted octanol–water partition coefficient (Wildman–Crippen LogP) is 4.19. The normalized spacial score (nSPS) is 11.4. The molecule has 0 aliphatic rings. The van der Waals surface area contributed by atoms with E-state index >= 15 is 0 Å². The number of hydrogen-bond donors (Lipinski definition) is 3. The van der Waals surface area contributed by atoms with Crippen LogP contribution in [0.1, 0.15) is 11.1 Å². The van der Waals surface area contributed by atoms with Gasteiger partial charge in [0.15, 0.2) is 5.82 Å². The van der Waals surface area contributed by atoms with Crippen molar-refractivity contribution in [3.05, 3.63) is 94.0 Å². The highest BCUT2D eigenvalue weighted by molar-refractivity contribution is 5.82. The molecular formula is C25H20F2N4O3. The number of nitrogens with zero attached hydrogens (tertiary/aromatic N) is 3. The van der Waals surface area contributed by atoms with Gasteiger partial charge in [0.25, 0.3) is 0 Å². The third-order valence-electron chi connectivity index (χ3n) is 5.92. The van der Waals surface area contributed by atoms with E-state index in [2.05, 4.69) is 10.2 Å². The number of aromatic hydroxyl groups is 2. The highest BCUT2D eigenvalue weighted by Gasteiger charge is 2.19. The van der Waals surface area contributed by atoms with Crippen LogP contribution in [-0.4, -0.2) is 29.5 Å². The van der Waals surface area contributed by atoms with Gasteiger partial charge in [-0.15, -0.1) is 0 Å². The van der Waals surface area contributed by atoms with E-state index in [1.165, 1.54) is 22.8 Å². The van der Waals surface area contributed by atoms with Crippen LogP contribution in [0.3, 0.4) is 0 Å². The molecule has 9 heteroatoms. The third kappa shape index (κ3) is 3.71. The first-order valence-electron chi connectivity index (χ1n) is 10.5. The van der Waals surface area contributed by atoms with Crippen molar-refractivity contribution in [2.75, 3.05) is 0 Å². The van der Waals surface area contributed by atoms with Gasteiger partial charge in [0, 0.05) is 36.3 Å². The van der Waals surface area contributed by atoms with Crippen LogP contribution in [0.2, 0.25) is 0 Å². The maximum atomic E-state index is 14.0. The first kappa shape index (κ1) is 21.4. The number of hydrogen-bond acceptors (Lipinski definition) is 4. The fraction of sp³-hybridized carbons (Fsp3) is 0.120. The lowest BCUT2D eigenvalue weighted by atomic mass is 10.00. The molecule has 0 fully saturated rings. The van der Waals surface area contributed by atoms with E-state index in [-0.39, 0.29) is 35.7 Å². The summed E-state index contributed by atoms with van der Waals surface area (Å²) in [5, 5.41) is 28.3. The van der Waals surface area contributed by atoms with Crippen LogP contribution in [0, 0.1) is 11.6 Å². The maximum Gasteiger partial charge on any atom is 0.348 e. The number of aromatic nitrogens is 4. The summed E-state index contributed by atoms with van der Waals surface area (Å²) in [5.74, 6) is -1.63. The van der Waals surface area contributed by atoms with Gasteiger partial charge in [-0.2, -0.15) is 5.10 Å². The number of fused-ring (bicyclic) bond motifs is 1. The van der Waals surface area contributed by atoms with Gasteiger partial charge in [-0.25, -0.2) is 23.2 Å². The molecule has 0 saturated carbocycles. The fourth-order valence-electron chi connectivity index (χ4n) is 4.12. The Morgan fingerprint density at radius 1 is 0.941 bits per heavy atom. The minimum Gasteiger partial charge on any atom is -0.508 e. The third-order valence-corrected chi connectivity index (χ3v) is 5.92. The molecule has 3 N–H and O–H groups in total. The molecule has 5 aromatic rings. The Kier molecular flexibility index (Phi) is 5.16. The van der Waals surface area contributed by atoms with Crippen LogP contribution < -0.4 is 5.69 Å². The van der Waals surface area contributed by atoms with Crippen molar-refractivity contribution in [1.82, 2.24) is 19.3 Å². The molecule has 5 rings (SSSR count). The molecule has 2 heterocycles. The van der Waals surface area contributed by atoms with Crippen LogP contribution in [0.5, 0.6) is 11.5 Å². The second-order valence-electron chi connectivity index (χ2n) is 8.09. The summed E-state index contributed by atoms with van der Waals surface area (Å²) in [6.07, 6.45) is 2.32. The minimum atomic E-state index is -0.670. The van der Waals surface area contributed by atoms with E-state index < -0.39 is 17.3 Å². The molecular weight excluding hydrogens is 442 g/mol. The standard InChI is InChI=1S/C25H20F2N4O3/c1-30-9-8-15-10-18(6-7-21(15)30)31-24(28-29-25(31)34)19-11-16(22(32)13-23(19)33)3-2-14-4-5-17(26)12-20(14)27/h4-13,32-33H,2-3H2,1H3,(H,29,34).